The highest BCUT2D eigenvalue weighted by molar-refractivity contribution is 6.83. The van der Waals surface area contributed by atoms with Gasteiger partial charge in [0.05, 0.1) is 18.7 Å². The molecule has 4 heteroatoms. The third-order valence-electron chi connectivity index (χ3n) is 3.36. The molecule has 0 bridgehead atoms. The van der Waals surface area contributed by atoms with Gasteiger partial charge < -0.3 is 9.84 Å². The molecule has 1 heterocycles. The van der Waals surface area contributed by atoms with E-state index in [2.05, 4.69) is 42.7 Å². The second-order valence-electron chi connectivity index (χ2n) is 6.53. The summed E-state index contributed by atoms with van der Waals surface area (Å²) >= 11 is 0. The molecule has 0 saturated carbocycles. The summed E-state index contributed by atoms with van der Waals surface area (Å²) in [7, 11) is 0.105. The number of aliphatic hydroxyl groups is 1. The lowest BCUT2D eigenvalue weighted by atomic mass is 10.0. The first kappa shape index (κ1) is 17.3. The van der Waals surface area contributed by atoms with Crippen molar-refractivity contribution in [2.75, 3.05) is 7.11 Å². The molecule has 0 aliphatic rings. The van der Waals surface area contributed by atoms with Gasteiger partial charge in [-0.05, 0) is 24.6 Å². The van der Waals surface area contributed by atoms with Crippen LogP contribution in [-0.2, 0) is 0 Å². The molecular weight excluding hydrogens is 302 g/mol. The Labute approximate surface area is 139 Å². The van der Waals surface area contributed by atoms with Crippen LogP contribution in [0.3, 0.4) is 0 Å². The predicted octanol–water partition coefficient (Wildman–Crippen LogP) is 4.08. The third-order valence-corrected chi connectivity index (χ3v) is 4.23. The molecule has 0 amide bonds. The van der Waals surface area contributed by atoms with Crippen molar-refractivity contribution >= 4 is 19.0 Å². The maximum Gasteiger partial charge on any atom is 0.129 e. The molecule has 1 N–H and O–H groups in total. The zero-order valence-electron chi connectivity index (χ0n) is 14.2. The van der Waals surface area contributed by atoms with E-state index in [0.29, 0.717) is 12.1 Å². The van der Waals surface area contributed by atoms with Crippen molar-refractivity contribution < 1.29 is 9.84 Å². The van der Waals surface area contributed by atoms with Gasteiger partial charge in [-0.15, -0.1) is 12.1 Å². The van der Waals surface area contributed by atoms with E-state index in [-0.39, 0.29) is 0 Å². The minimum Gasteiger partial charge on any atom is -0.497 e. The fourth-order valence-electron chi connectivity index (χ4n) is 2.18. The molecule has 0 aliphatic carbocycles. The van der Waals surface area contributed by atoms with Gasteiger partial charge in [0, 0.05) is 17.0 Å². The van der Waals surface area contributed by atoms with Crippen LogP contribution in [0.15, 0.2) is 36.9 Å². The zero-order chi connectivity index (χ0) is 17.0. The fraction of sp³-hybridized carbons (Fsp3) is 0.316. The van der Waals surface area contributed by atoms with Crippen LogP contribution in [0, 0.1) is 11.5 Å². The maximum atomic E-state index is 10.4. The fourth-order valence-corrected chi connectivity index (χ4v) is 2.67. The number of aromatic nitrogens is 1. The number of aliphatic hydroxyl groups excluding tert-OH is 1. The highest BCUT2D eigenvalue weighted by Gasteiger charge is 2.15. The number of methoxy groups -OCH3 is 1. The number of rotatable bonds is 4. The lowest BCUT2D eigenvalue weighted by Gasteiger charge is -2.13. The van der Waals surface area contributed by atoms with Crippen LogP contribution in [0.5, 0.6) is 5.75 Å². The van der Waals surface area contributed by atoms with Crippen molar-refractivity contribution in [1.29, 1.82) is 0 Å². The summed E-state index contributed by atoms with van der Waals surface area (Å²) in [6.45, 7) is 10.3. The van der Waals surface area contributed by atoms with Crippen LogP contribution in [-0.4, -0.2) is 25.3 Å². The van der Waals surface area contributed by atoms with Crippen LogP contribution in [0.25, 0.3) is 10.9 Å². The molecule has 1 atom stereocenters. The van der Waals surface area contributed by atoms with Gasteiger partial charge in [0.1, 0.15) is 19.5 Å². The van der Waals surface area contributed by atoms with Crippen molar-refractivity contribution in [3.8, 4) is 17.2 Å². The first-order chi connectivity index (χ1) is 10.8. The van der Waals surface area contributed by atoms with E-state index < -0.39 is 14.2 Å². The number of pyridine rings is 1. The topological polar surface area (TPSA) is 42.4 Å². The van der Waals surface area contributed by atoms with Gasteiger partial charge in [0.15, 0.2) is 0 Å². The first-order valence-corrected chi connectivity index (χ1v) is 11.1. The third kappa shape index (κ3) is 4.44. The van der Waals surface area contributed by atoms with E-state index in [9.17, 15) is 5.11 Å². The van der Waals surface area contributed by atoms with E-state index in [1.54, 1.807) is 13.2 Å². The summed E-state index contributed by atoms with van der Waals surface area (Å²) in [4.78, 5) is 4.66. The predicted molar refractivity (Wildman–Crippen MR) is 98.3 cm³/mol. The van der Waals surface area contributed by atoms with Crippen LogP contribution < -0.4 is 4.74 Å². The number of hydrogen-bond donors (Lipinski definition) is 1. The van der Waals surface area contributed by atoms with E-state index in [4.69, 9.17) is 4.74 Å². The van der Waals surface area contributed by atoms with Gasteiger partial charge in [-0.3, -0.25) is 0 Å². The monoisotopic (exact) mass is 325 g/mol. The van der Waals surface area contributed by atoms with E-state index >= 15 is 0 Å². The van der Waals surface area contributed by atoms with E-state index in [1.165, 1.54) is 0 Å². The average Bonchev–Trinajstić information content (AvgIpc) is 2.50. The average molecular weight is 325 g/mol. The Morgan fingerprint density at radius 2 is 2.09 bits per heavy atom. The molecule has 0 radical (unpaired) electrons. The van der Waals surface area contributed by atoms with Crippen molar-refractivity contribution in [2.24, 2.45) is 0 Å². The minimum absolute atomic E-state index is 0.477. The molecule has 0 aliphatic heterocycles. The number of hydrogen-bond acceptors (Lipinski definition) is 3. The van der Waals surface area contributed by atoms with Crippen LogP contribution in [0.1, 0.15) is 23.8 Å². The molecule has 2 rings (SSSR count). The molecule has 23 heavy (non-hydrogen) atoms. The van der Waals surface area contributed by atoms with Gasteiger partial charge in [0.2, 0.25) is 0 Å². The Bertz CT molecular complexity index is 782. The highest BCUT2D eigenvalue weighted by Crippen LogP contribution is 2.26. The second-order valence-corrected chi connectivity index (χ2v) is 11.3. The molecule has 1 aromatic heterocycles. The molecule has 2 aromatic rings. The summed E-state index contributed by atoms with van der Waals surface area (Å²) in [5, 5.41) is 11.4. The van der Waals surface area contributed by atoms with E-state index in [1.807, 2.05) is 24.3 Å². The summed E-state index contributed by atoms with van der Waals surface area (Å²) in [5.41, 5.74) is 5.54. The van der Waals surface area contributed by atoms with Crippen molar-refractivity contribution in [3.05, 3.63) is 48.2 Å². The molecule has 0 saturated heterocycles. The molecule has 0 fully saturated rings. The Morgan fingerprint density at radius 3 is 2.70 bits per heavy atom. The summed E-state index contributed by atoms with van der Waals surface area (Å²) in [5.74, 6) is 3.95. The zero-order valence-corrected chi connectivity index (χ0v) is 15.2. The lowest BCUT2D eigenvalue weighted by Crippen LogP contribution is -2.16. The normalized spacial score (nSPS) is 12.4. The molecule has 3 nitrogen and oxygen atoms in total. The van der Waals surface area contributed by atoms with Gasteiger partial charge in [-0.2, -0.15) is 0 Å². The molecule has 120 valence electrons. The summed E-state index contributed by atoms with van der Waals surface area (Å²) < 4.78 is 5.26. The standard InChI is InChI=1S/C19H23NO2Si/c1-6-7-19(21)16-12-14-8-9-15(22-2)13-18(14)20-17(16)10-11-23(3,4)5/h6,8-9,12-13,19,21H,1,7H2,2-5H3. The SMILES string of the molecule is C=CCC(O)c1cc2ccc(OC)cc2nc1C#C[Si](C)(C)C. The Morgan fingerprint density at radius 1 is 1.35 bits per heavy atom. The van der Waals surface area contributed by atoms with E-state index in [0.717, 1.165) is 22.2 Å². The van der Waals surface area contributed by atoms with Gasteiger partial charge in [-0.25, -0.2) is 4.98 Å². The lowest BCUT2D eigenvalue weighted by molar-refractivity contribution is 0.181. The van der Waals surface area contributed by atoms with Crippen molar-refractivity contribution in [3.63, 3.8) is 0 Å². The first-order valence-electron chi connectivity index (χ1n) is 7.65. The van der Waals surface area contributed by atoms with Gasteiger partial charge in [-0.1, -0.05) is 31.6 Å². The Balaban J connectivity index is 2.64. The summed E-state index contributed by atoms with van der Waals surface area (Å²) in [6, 6.07) is 7.69. The van der Waals surface area contributed by atoms with Crippen LogP contribution in [0.4, 0.5) is 0 Å². The maximum absolute atomic E-state index is 10.4. The molecule has 1 unspecified atom stereocenters. The van der Waals surface area contributed by atoms with Gasteiger partial charge in [0.25, 0.3) is 0 Å². The second kappa shape index (κ2) is 6.99. The summed E-state index contributed by atoms with van der Waals surface area (Å²) in [6.07, 6.45) is 1.54. The largest absolute Gasteiger partial charge is 0.497 e. The minimum atomic E-state index is -1.53. The van der Waals surface area contributed by atoms with Gasteiger partial charge >= 0.3 is 0 Å². The molecular formula is C19H23NO2Si. The van der Waals surface area contributed by atoms with Crippen LogP contribution >= 0.6 is 0 Å². The number of fused-ring (bicyclic) bond motifs is 1. The molecule has 1 aromatic carbocycles. The Kier molecular flexibility index (Phi) is 5.25. The van der Waals surface area contributed by atoms with Crippen molar-refractivity contribution in [2.45, 2.75) is 32.2 Å². The number of ether oxygens (including phenoxy) is 1. The van der Waals surface area contributed by atoms with Crippen molar-refractivity contribution in [1.82, 2.24) is 4.98 Å². The van der Waals surface area contributed by atoms with Crippen LogP contribution in [0.2, 0.25) is 19.6 Å². The number of benzene rings is 1. The number of nitrogens with zero attached hydrogens (tertiary/aromatic N) is 1. The quantitative estimate of drug-likeness (QED) is 0.523. The highest BCUT2D eigenvalue weighted by atomic mass is 28.3. The Hall–Kier alpha value is -2.09. The molecule has 0 spiro atoms. The smallest absolute Gasteiger partial charge is 0.129 e.